The number of likely N-dealkylation sites (tertiary alicyclic amines) is 1. The minimum absolute atomic E-state index is 0.0861. The number of benzene rings is 1. The van der Waals surface area contributed by atoms with Crippen LogP contribution < -0.4 is 5.32 Å². The molecule has 0 saturated carbocycles. The quantitative estimate of drug-likeness (QED) is 0.679. The van der Waals surface area contributed by atoms with Crippen molar-refractivity contribution in [2.75, 3.05) is 18.4 Å². The molecule has 1 saturated heterocycles. The number of hydrogen-bond donors (Lipinski definition) is 1. The number of nitrogens with one attached hydrogen (secondary N) is 1. The molecule has 21 heavy (non-hydrogen) atoms. The van der Waals surface area contributed by atoms with Crippen LogP contribution in [0.15, 0.2) is 30.0 Å². The number of piperidine rings is 1. The number of carbonyl (C=O) groups is 1. The van der Waals surface area contributed by atoms with Gasteiger partial charge >= 0.3 is 0 Å². The van der Waals surface area contributed by atoms with Gasteiger partial charge in [0, 0.05) is 25.0 Å². The van der Waals surface area contributed by atoms with E-state index in [1.165, 1.54) is 6.20 Å². The number of amides is 1. The molecule has 1 aromatic carbocycles. The fraction of sp³-hybridized carbons (Fsp3) is 0.333. The predicted octanol–water partition coefficient (Wildman–Crippen LogP) is 3.83. The van der Waals surface area contributed by atoms with Gasteiger partial charge in [-0.1, -0.05) is 23.2 Å². The van der Waals surface area contributed by atoms with E-state index in [0.717, 1.165) is 19.3 Å². The van der Waals surface area contributed by atoms with E-state index in [1.54, 1.807) is 23.1 Å². The maximum Gasteiger partial charge on any atom is 0.266 e. The number of halogens is 2. The third-order valence-electron chi connectivity index (χ3n) is 3.30. The zero-order valence-electron chi connectivity index (χ0n) is 11.4. The third-order valence-corrected chi connectivity index (χ3v) is 4.04. The van der Waals surface area contributed by atoms with Crippen LogP contribution in [-0.2, 0) is 4.79 Å². The number of nitrogens with zero attached hydrogens (tertiary/aromatic N) is 2. The van der Waals surface area contributed by atoms with Crippen molar-refractivity contribution in [3.8, 4) is 6.07 Å². The number of hydrogen-bond acceptors (Lipinski definition) is 3. The van der Waals surface area contributed by atoms with Crippen molar-refractivity contribution in [2.24, 2.45) is 0 Å². The molecule has 0 atom stereocenters. The average Bonchev–Trinajstić information content (AvgIpc) is 2.52. The number of nitriles is 1. The molecule has 1 aliphatic heterocycles. The Hall–Kier alpha value is -1.70. The summed E-state index contributed by atoms with van der Waals surface area (Å²) < 4.78 is 0. The lowest BCUT2D eigenvalue weighted by Gasteiger charge is -2.26. The Morgan fingerprint density at radius 1 is 1.24 bits per heavy atom. The lowest BCUT2D eigenvalue weighted by Crippen LogP contribution is -2.36. The molecule has 0 aliphatic carbocycles. The van der Waals surface area contributed by atoms with Gasteiger partial charge in [0.15, 0.2) is 0 Å². The van der Waals surface area contributed by atoms with E-state index < -0.39 is 0 Å². The van der Waals surface area contributed by atoms with Gasteiger partial charge < -0.3 is 10.2 Å². The molecule has 1 fully saturated rings. The van der Waals surface area contributed by atoms with Crippen molar-refractivity contribution >= 4 is 34.8 Å². The van der Waals surface area contributed by atoms with E-state index in [1.807, 2.05) is 6.07 Å². The standard InChI is InChI=1S/C15H15Cl2N3O/c16-13-5-4-12(8-14(13)17)19-10-11(9-18)15(21)20-6-2-1-3-7-20/h4-5,8,10,19H,1-3,6-7H2/b11-10-. The van der Waals surface area contributed by atoms with E-state index in [0.29, 0.717) is 28.8 Å². The summed E-state index contributed by atoms with van der Waals surface area (Å²) in [5.74, 6) is -0.232. The van der Waals surface area contributed by atoms with Gasteiger partial charge in [0.05, 0.1) is 10.0 Å². The van der Waals surface area contributed by atoms with Crippen molar-refractivity contribution in [1.29, 1.82) is 5.26 Å². The van der Waals surface area contributed by atoms with E-state index in [2.05, 4.69) is 5.32 Å². The van der Waals surface area contributed by atoms with Crippen LogP contribution in [0.4, 0.5) is 5.69 Å². The summed E-state index contributed by atoms with van der Waals surface area (Å²) in [5, 5.41) is 12.9. The Labute approximate surface area is 133 Å². The minimum atomic E-state index is -0.232. The molecule has 110 valence electrons. The van der Waals surface area contributed by atoms with Crippen LogP contribution in [0, 0.1) is 11.3 Å². The van der Waals surface area contributed by atoms with Crippen LogP contribution in [0.3, 0.4) is 0 Å². The second-order valence-corrected chi connectivity index (χ2v) is 5.61. The van der Waals surface area contributed by atoms with Gasteiger partial charge in [-0.3, -0.25) is 4.79 Å². The molecule has 0 radical (unpaired) electrons. The maximum atomic E-state index is 12.2. The molecule has 1 heterocycles. The molecule has 1 amide bonds. The molecular formula is C15H15Cl2N3O. The zero-order chi connectivity index (χ0) is 15.2. The smallest absolute Gasteiger partial charge is 0.266 e. The molecule has 1 N–H and O–H groups in total. The molecule has 0 unspecified atom stereocenters. The van der Waals surface area contributed by atoms with Gasteiger partial charge in [-0.05, 0) is 37.5 Å². The monoisotopic (exact) mass is 323 g/mol. The molecule has 1 aliphatic rings. The van der Waals surface area contributed by atoms with Crippen LogP contribution in [0.2, 0.25) is 10.0 Å². The number of anilines is 1. The Bertz CT molecular complexity index is 601. The van der Waals surface area contributed by atoms with E-state index >= 15 is 0 Å². The highest BCUT2D eigenvalue weighted by Gasteiger charge is 2.20. The van der Waals surface area contributed by atoms with Gasteiger partial charge in [0.1, 0.15) is 11.6 Å². The summed E-state index contributed by atoms with van der Waals surface area (Å²) in [7, 11) is 0. The maximum absolute atomic E-state index is 12.2. The van der Waals surface area contributed by atoms with E-state index in [-0.39, 0.29) is 11.5 Å². The van der Waals surface area contributed by atoms with Crippen LogP contribution in [0.5, 0.6) is 0 Å². The summed E-state index contributed by atoms with van der Waals surface area (Å²) in [6.45, 7) is 1.43. The predicted molar refractivity (Wildman–Crippen MR) is 84.2 cm³/mol. The van der Waals surface area contributed by atoms with E-state index in [4.69, 9.17) is 28.5 Å². The Balaban J connectivity index is 2.07. The second kappa shape index (κ2) is 7.35. The van der Waals surface area contributed by atoms with Crippen molar-refractivity contribution in [2.45, 2.75) is 19.3 Å². The molecule has 1 aromatic rings. The van der Waals surface area contributed by atoms with Crippen LogP contribution >= 0.6 is 23.2 Å². The highest BCUT2D eigenvalue weighted by Crippen LogP contribution is 2.25. The van der Waals surface area contributed by atoms with Crippen molar-refractivity contribution in [3.63, 3.8) is 0 Å². The first-order chi connectivity index (χ1) is 10.1. The summed E-state index contributed by atoms with van der Waals surface area (Å²) in [6.07, 6.45) is 4.53. The van der Waals surface area contributed by atoms with Gasteiger partial charge in [0.2, 0.25) is 0 Å². The highest BCUT2D eigenvalue weighted by molar-refractivity contribution is 6.42. The molecule has 4 nitrogen and oxygen atoms in total. The minimum Gasteiger partial charge on any atom is -0.360 e. The lowest BCUT2D eigenvalue weighted by atomic mass is 10.1. The zero-order valence-corrected chi connectivity index (χ0v) is 12.9. The second-order valence-electron chi connectivity index (χ2n) is 4.80. The normalized spacial score (nSPS) is 15.5. The largest absolute Gasteiger partial charge is 0.360 e. The van der Waals surface area contributed by atoms with Crippen molar-refractivity contribution in [1.82, 2.24) is 4.90 Å². The van der Waals surface area contributed by atoms with Crippen molar-refractivity contribution in [3.05, 3.63) is 40.0 Å². The van der Waals surface area contributed by atoms with E-state index in [9.17, 15) is 4.79 Å². The van der Waals surface area contributed by atoms with Gasteiger partial charge in [-0.25, -0.2) is 0 Å². The fourth-order valence-electron chi connectivity index (χ4n) is 2.15. The number of rotatable bonds is 3. The first kappa shape index (κ1) is 15.7. The molecule has 6 heteroatoms. The Morgan fingerprint density at radius 3 is 2.57 bits per heavy atom. The summed E-state index contributed by atoms with van der Waals surface area (Å²) in [5.41, 5.74) is 0.756. The number of carbonyl (C=O) groups excluding carboxylic acids is 1. The first-order valence-corrected chi connectivity index (χ1v) is 7.48. The summed E-state index contributed by atoms with van der Waals surface area (Å²) >= 11 is 11.7. The first-order valence-electron chi connectivity index (χ1n) is 6.73. The molecule has 0 bridgehead atoms. The SMILES string of the molecule is N#C/C(=C/Nc1ccc(Cl)c(Cl)c1)C(=O)N1CCCCC1. The molecular weight excluding hydrogens is 309 g/mol. The highest BCUT2D eigenvalue weighted by atomic mass is 35.5. The molecule has 0 spiro atoms. The summed E-state index contributed by atoms with van der Waals surface area (Å²) in [4.78, 5) is 13.9. The molecule has 2 rings (SSSR count). The van der Waals surface area contributed by atoms with Gasteiger partial charge in [-0.15, -0.1) is 0 Å². The van der Waals surface area contributed by atoms with Crippen LogP contribution in [-0.4, -0.2) is 23.9 Å². The lowest BCUT2D eigenvalue weighted by molar-refractivity contribution is -0.127. The molecule has 0 aromatic heterocycles. The van der Waals surface area contributed by atoms with Gasteiger partial charge in [-0.2, -0.15) is 5.26 Å². The van der Waals surface area contributed by atoms with Crippen molar-refractivity contribution < 1.29 is 4.79 Å². The van der Waals surface area contributed by atoms with Crippen LogP contribution in [0.25, 0.3) is 0 Å². The third kappa shape index (κ3) is 4.13. The fourth-order valence-corrected chi connectivity index (χ4v) is 2.45. The summed E-state index contributed by atoms with van der Waals surface area (Å²) in [6, 6.07) is 6.96. The Kier molecular flexibility index (Phi) is 5.49. The topological polar surface area (TPSA) is 56.1 Å². The van der Waals surface area contributed by atoms with Gasteiger partial charge in [0.25, 0.3) is 5.91 Å². The average molecular weight is 324 g/mol. The van der Waals surface area contributed by atoms with Crippen LogP contribution in [0.1, 0.15) is 19.3 Å². The Morgan fingerprint density at radius 2 is 1.95 bits per heavy atom.